The number of nitrogen functional groups attached to an aromatic ring is 1. The topological polar surface area (TPSA) is 104 Å². The van der Waals surface area contributed by atoms with Crippen LogP contribution < -0.4 is 15.8 Å². The van der Waals surface area contributed by atoms with Gasteiger partial charge >= 0.3 is 6.09 Å². The first kappa shape index (κ1) is 23.0. The molecule has 34 heavy (non-hydrogen) atoms. The van der Waals surface area contributed by atoms with Crippen LogP contribution in [0.2, 0.25) is 0 Å². The molecule has 3 N–H and O–H groups in total. The molecular formula is C24H23F2N5O3. The van der Waals surface area contributed by atoms with Gasteiger partial charge in [-0.2, -0.15) is 0 Å². The van der Waals surface area contributed by atoms with E-state index in [0.717, 1.165) is 6.07 Å². The Balaban J connectivity index is 1.67. The third-order valence-corrected chi connectivity index (χ3v) is 5.15. The second-order valence-corrected chi connectivity index (χ2v) is 7.52. The minimum atomic E-state index is -0.630. The Morgan fingerprint density at radius 1 is 1.15 bits per heavy atom. The van der Waals surface area contributed by atoms with Crippen LogP contribution in [0.5, 0.6) is 5.75 Å². The number of aromatic nitrogens is 3. The van der Waals surface area contributed by atoms with Gasteiger partial charge in [0.15, 0.2) is 5.65 Å². The van der Waals surface area contributed by atoms with Crippen LogP contribution in [-0.2, 0) is 11.2 Å². The van der Waals surface area contributed by atoms with Crippen LogP contribution in [0.1, 0.15) is 18.3 Å². The van der Waals surface area contributed by atoms with E-state index in [1.165, 1.54) is 12.1 Å². The predicted octanol–water partition coefficient (Wildman–Crippen LogP) is 4.76. The summed E-state index contributed by atoms with van der Waals surface area (Å²) in [4.78, 5) is 12.1. The molecular weight excluding hydrogens is 444 g/mol. The van der Waals surface area contributed by atoms with E-state index in [9.17, 15) is 13.6 Å². The number of ether oxygens (including phenoxy) is 2. The number of hydrogen-bond acceptors (Lipinski definition) is 6. The average Bonchev–Trinajstić information content (AvgIpc) is 3.17. The van der Waals surface area contributed by atoms with Gasteiger partial charge in [0.2, 0.25) is 0 Å². The standard InChI is InChI=1S/C24H23F2N5O3/c1-3-33-24(32)28-21-10-16(13-31-14(2)29-30-23(21)31)19-12-18(27)6-7-22(19)34-9-8-15-4-5-17(25)11-20(15)26/h4-7,10-13H,3,8-9,27H2,1-2H3,(H,28,32). The summed E-state index contributed by atoms with van der Waals surface area (Å²) in [5, 5.41) is 10.9. The monoisotopic (exact) mass is 467 g/mol. The van der Waals surface area contributed by atoms with Crippen LogP contribution >= 0.6 is 0 Å². The molecule has 2 heterocycles. The van der Waals surface area contributed by atoms with E-state index in [-0.39, 0.29) is 19.6 Å². The lowest BCUT2D eigenvalue weighted by molar-refractivity contribution is 0.168. The molecule has 0 saturated heterocycles. The number of halogens is 2. The van der Waals surface area contributed by atoms with Gasteiger partial charge in [0.1, 0.15) is 23.2 Å². The fourth-order valence-electron chi connectivity index (χ4n) is 3.51. The summed E-state index contributed by atoms with van der Waals surface area (Å²) in [6.07, 6.45) is 1.44. The quantitative estimate of drug-likeness (QED) is 0.380. The lowest BCUT2D eigenvalue weighted by Crippen LogP contribution is -2.14. The fourth-order valence-corrected chi connectivity index (χ4v) is 3.51. The maximum Gasteiger partial charge on any atom is 0.411 e. The maximum atomic E-state index is 14.0. The first-order valence-corrected chi connectivity index (χ1v) is 10.6. The molecule has 2 aromatic heterocycles. The number of benzene rings is 2. The van der Waals surface area contributed by atoms with E-state index >= 15 is 0 Å². The third kappa shape index (κ3) is 4.90. The Labute approximate surface area is 194 Å². The Hall–Kier alpha value is -4.21. The van der Waals surface area contributed by atoms with Gasteiger partial charge in [-0.15, -0.1) is 10.2 Å². The summed E-state index contributed by atoms with van der Waals surface area (Å²) in [5.74, 6) is -0.134. The van der Waals surface area contributed by atoms with E-state index < -0.39 is 17.7 Å². The van der Waals surface area contributed by atoms with Crippen molar-refractivity contribution in [1.82, 2.24) is 14.6 Å². The number of rotatable bonds is 7. The molecule has 176 valence electrons. The van der Waals surface area contributed by atoms with Gasteiger partial charge < -0.3 is 15.2 Å². The number of hydrogen-bond donors (Lipinski definition) is 2. The van der Waals surface area contributed by atoms with E-state index in [0.29, 0.717) is 45.3 Å². The molecule has 1 amide bonds. The Kier molecular flexibility index (Phi) is 6.58. The van der Waals surface area contributed by atoms with E-state index in [4.69, 9.17) is 15.2 Å². The van der Waals surface area contributed by atoms with E-state index in [1.54, 1.807) is 42.5 Å². The van der Waals surface area contributed by atoms with Crippen molar-refractivity contribution in [3.05, 3.63) is 71.7 Å². The van der Waals surface area contributed by atoms with Gasteiger partial charge in [0, 0.05) is 35.5 Å². The molecule has 0 spiro atoms. The number of carbonyl (C=O) groups is 1. The zero-order valence-corrected chi connectivity index (χ0v) is 18.6. The van der Waals surface area contributed by atoms with Gasteiger partial charge in [-0.25, -0.2) is 13.6 Å². The summed E-state index contributed by atoms with van der Waals surface area (Å²) >= 11 is 0. The highest BCUT2D eigenvalue weighted by atomic mass is 19.1. The van der Waals surface area contributed by atoms with Crippen LogP contribution in [0.15, 0.2) is 48.7 Å². The van der Waals surface area contributed by atoms with Crippen molar-refractivity contribution in [2.24, 2.45) is 0 Å². The summed E-state index contributed by atoms with van der Waals surface area (Å²) < 4.78 is 39.8. The summed E-state index contributed by atoms with van der Waals surface area (Å²) in [6.45, 7) is 3.86. The average molecular weight is 467 g/mol. The van der Waals surface area contributed by atoms with Gasteiger partial charge in [-0.1, -0.05) is 6.07 Å². The molecule has 0 aliphatic rings. The molecule has 2 aromatic carbocycles. The fraction of sp³-hybridized carbons (Fsp3) is 0.208. The van der Waals surface area contributed by atoms with Gasteiger partial charge in [0.05, 0.1) is 18.9 Å². The number of anilines is 2. The Morgan fingerprint density at radius 2 is 1.97 bits per heavy atom. The van der Waals surface area contributed by atoms with Crippen molar-refractivity contribution in [2.45, 2.75) is 20.3 Å². The van der Waals surface area contributed by atoms with Crippen molar-refractivity contribution in [3.8, 4) is 16.9 Å². The van der Waals surface area contributed by atoms with Crippen LogP contribution in [0.4, 0.5) is 25.0 Å². The molecule has 0 fully saturated rings. The number of nitrogens with one attached hydrogen (secondary N) is 1. The number of pyridine rings is 1. The molecule has 4 aromatic rings. The van der Waals surface area contributed by atoms with Crippen molar-refractivity contribution in [1.29, 1.82) is 0 Å². The molecule has 4 rings (SSSR count). The first-order chi connectivity index (χ1) is 16.4. The minimum absolute atomic E-state index is 0.154. The summed E-state index contributed by atoms with van der Waals surface area (Å²) in [5.41, 5.74) is 9.08. The lowest BCUT2D eigenvalue weighted by atomic mass is 10.0. The van der Waals surface area contributed by atoms with Gasteiger partial charge in [0.25, 0.3) is 0 Å². The smallest absolute Gasteiger partial charge is 0.411 e. The van der Waals surface area contributed by atoms with Crippen molar-refractivity contribution < 1.29 is 23.0 Å². The second-order valence-electron chi connectivity index (χ2n) is 7.52. The minimum Gasteiger partial charge on any atom is -0.493 e. The van der Waals surface area contributed by atoms with Crippen LogP contribution in [-0.4, -0.2) is 33.9 Å². The molecule has 0 saturated carbocycles. The van der Waals surface area contributed by atoms with Crippen molar-refractivity contribution in [3.63, 3.8) is 0 Å². The van der Waals surface area contributed by atoms with Crippen molar-refractivity contribution in [2.75, 3.05) is 24.3 Å². The van der Waals surface area contributed by atoms with E-state index in [1.807, 2.05) is 6.20 Å². The summed E-state index contributed by atoms with van der Waals surface area (Å²) in [6, 6.07) is 10.3. The second kappa shape index (κ2) is 9.74. The van der Waals surface area contributed by atoms with Crippen molar-refractivity contribution >= 4 is 23.1 Å². The molecule has 0 atom stereocenters. The SMILES string of the molecule is CCOC(=O)Nc1cc(-c2cc(N)ccc2OCCc2ccc(F)cc2F)cn2c(C)nnc12. The number of carbonyl (C=O) groups excluding carboxylic acids is 1. The highest BCUT2D eigenvalue weighted by Gasteiger charge is 2.16. The van der Waals surface area contributed by atoms with Gasteiger partial charge in [-0.3, -0.25) is 9.72 Å². The molecule has 0 aliphatic carbocycles. The highest BCUT2D eigenvalue weighted by molar-refractivity contribution is 5.91. The normalized spacial score (nSPS) is 10.9. The lowest BCUT2D eigenvalue weighted by Gasteiger charge is -2.15. The van der Waals surface area contributed by atoms with Gasteiger partial charge in [-0.05, 0) is 49.7 Å². The number of nitrogens with two attached hydrogens (primary N) is 1. The molecule has 8 nitrogen and oxygen atoms in total. The van der Waals surface area contributed by atoms with Crippen LogP contribution in [0, 0.1) is 18.6 Å². The summed E-state index contributed by atoms with van der Waals surface area (Å²) in [7, 11) is 0. The molecule has 0 unspecified atom stereocenters. The molecule has 0 aliphatic heterocycles. The zero-order chi connectivity index (χ0) is 24.2. The number of nitrogens with zero attached hydrogens (tertiary/aromatic N) is 3. The predicted molar refractivity (Wildman–Crippen MR) is 124 cm³/mol. The molecule has 10 heteroatoms. The molecule has 0 bridgehead atoms. The van der Waals surface area contributed by atoms with E-state index in [2.05, 4.69) is 15.5 Å². The first-order valence-electron chi connectivity index (χ1n) is 10.6. The third-order valence-electron chi connectivity index (χ3n) is 5.15. The molecule has 0 radical (unpaired) electrons. The number of amides is 1. The zero-order valence-electron chi connectivity index (χ0n) is 18.6. The Morgan fingerprint density at radius 3 is 2.74 bits per heavy atom. The highest BCUT2D eigenvalue weighted by Crippen LogP contribution is 2.35. The largest absolute Gasteiger partial charge is 0.493 e. The number of fused-ring (bicyclic) bond motifs is 1. The van der Waals surface area contributed by atoms with Crippen LogP contribution in [0.25, 0.3) is 16.8 Å². The number of aryl methyl sites for hydroxylation is 1. The maximum absolute atomic E-state index is 14.0. The van der Waals surface area contributed by atoms with Crippen LogP contribution in [0.3, 0.4) is 0 Å². The Bertz CT molecular complexity index is 1360.